The lowest BCUT2D eigenvalue weighted by molar-refractivity contribution is 0.467. The number of thiophene rings is 1. The molecule has 0 saturated carbocycles. The molecule has 0 bridgehead atoms. The molecule has 0 aliphatic carbocycles. The molecule has 0 amide bonds. The molecule has 3 heterocycles. The average molecular weight is 340 g/mol. The van der Waals surface area contributed by atoms with Crippen LogP contribution in [0.3, 0.4) is 0 Å². The van der Waals surface area contributed by atoms with E-state index >= 15 is 0 Å². The minimum atomic E-state index is 0.298. The van der Waals surface area contributed by atoms with E-state index in [2.05, 4.69) is 15.0 Å². The van der Waals surface area contributed by atoms with Gasteiger partial charge in [0.15, 0.2) is 16.7 Å². The summed E-state index contributed by atoms with van der Waals surface area (Å²) < 4.78 is 5.92. The van der Waals surface area contributed by atoms with E-state index < -0.39 is 0 Å². The Balaban J connectivity index is 1.89. The number of hydrogen-bond acceptors (Lipinski definition) is 5. The SMILES string of the molecule is Clc1ncccc1Oc1nc(-c2ccsc2)nc2ccccc12. The fraction of sp³-hybridized carbons (Fsp3) is 0. The van der Waals surface area contributed by atoms with Crippen LogP contribution >= 0.6 is 22.9 Å². The zero-order valence-corrected chi connectivity index (χ0v) is 13.4. The number of para-hydroxylation sites is 1. The molecule has 0 atom stereocenters. The Morgan fingerprint density at radius 2 is 1.91 bits per heavy atom. The molecule has 4 aromatic rings. The lowest BCUT2D eigenvalue weighted by Gasteiger charge is -2.10. The van der Waals surface area contributed by atoms with Crippen LogP contribution in [0.1, 0.15) is 0 Å². The van der Waals surface area contributed by atoms with E-state index in [4.69, 9.17) is 16.3 Å². The van der Waals surface area contributed by atoms with Crippen LogP contribution < -0.4 is 4.74 Å². The smallest absolute Gasteiger partial charge is 0.230 e. The highest BCUT2D eigenvalue weighted by atomic mass is 35.5. The van der Waals surface area contributed by atoms with Gasteiger partial charge in [-0.15, -0.1) is 0 Å². The average Bonchev–Trinajstić information content (AvgIpc) is 3.11. The van der Waals surface area contributed by atoms with Crippen molar-refractivity contribution < 1.29 is 4.74 Å². The monoisotopic (exact) mass is 339 g/mol. The van der Waals surface area contributed by atoms with Crippen molar-refractivity contribution in [3.05, 3.63) is 64.6 Å². The van der Waals surface area contributed by atoms with Crippen molar-refractivity contribution in [1.82, 2.24) is 15.0 Å². The first-order valence-electron chi connectivity index (χ1n) is 6.89. The van der Waals surface area contributed by atoms with Crippen molar-refractivity contribution in [2.45, 2.75) is 0 Å². The third-order valence-corrected chi connectivity index (χ3v) is 4.25. The fourth-order valence-corrected chi connectivity index (χ4v) is 2.99. The Morgan fingerprint density at radius 3 is 2.74 bits per heavy atom. The molecule has 0 radical (unpaired) electrons. The minimum absolute atomic E-state index is 0.298. The first-order valence-corrected chi connectivity index (χ1v) is 8.21. The molecule has 23 heavy (non-hydrogen) atoms. The van der Waals surface area contributed by atoms with Gasteiger partial charge in [-0.2, -0.15) is 16.3 Å². The topological polar surface area (TPSA) is 47.9 Å². The van der Waals surface area contributed by atoms with E-state index in [1.54, 1.807) is 29.7 Å². The van der Waals surface area contributed by atoms with Crippen molar-refractivity contribution in [2.75, 3.05) is 0 Å². The van der Waals surface area contributed by atoms with Gasteiger partial charge in [-0.25, -0.2) is 9.97 Å². The molecule has 0 fully saturated rings. The predicted octanol–water partition coefficient (Wildman–Crippen LogP) is 5.20. The number of benzene rings is 1. The lowest BCUT2D eigenvalue weighted by atomic mass is 10.2. The summed E-state index contributed by atoms with van der Waals surface area (Å²) in [5, 5.41) is 5.12. The summed E-state index contributed by atoms with van der Waals surface area (Å²) in [5.74, 6) is 1.56. The van der Waals surface area contributed by atoms with Crippen molar-refractivity contribution in [2.24, 2.45) is 0 Å². The number of ether oxygens (including phenoxy) is 1. The Morgan fingerprint density at radius 1 is 1.00 bits per heavy atom. The zero-order chi connectivity index (χ0) is 15.6. The van der Waals surface area contributed by atoms with E-state index in [0.717, 1.165) is 16.5 Å². The standard InChI is InChI=1S/C17H10ClN3OS/c18-15-14(6-3-8-19-15)22-17-12-4-1-2-5-13(12)20-16(21-17)11-7-9-23-10-11/h1-10H. The van der Waals surface area contributed by atoms with Crippen LogP contribution in [0, 0.1) is 0 Å². The molecule has 4 nitrogen and oxygen atoms in total. The van der Waals surface area contributed by atoms with Crippen molar-refractivity contribution >= 4 is 33.8 Å². The van der Waals surface area contributed by atoms with Crippen LogP contribution in [-0.2, 0) is 0 Å². The highest BCUT2D eigenvalue weighted by Gasteiger charge is 2.13. The normalized spacial score (nSPS) is 10.8. The van der Waals surface area contributed by atoms with Crippen molar-refractivity contribution in [3.63, 3.8) is 0 Å². The van der Waals surface area contributed by atoms with Crippen LogP contribution in [0.4, 0.5) is 0 Å². The quantitative estimate of drug-likeness (QED) is 0.481. The number of halogens is 1. The fourth-order valence-electron chi connectivity index (χ4n) is 2.20. The number of fused-ring (bicyclic) bond motifs is 1. The maximum Gasteiger partial charge on any atom is 0.230 e. The highest BCUT2D eigenvalue weighted by molar-refractivity contribution is 7.08. The zero-order valence-electron chi connectivity index (χ0n) is 11.8. The van der Waals surface area contributed by atoms with Crippen molar-refractivity contribution in [1.29, 1.82) is 0 Å². The molecule has 4 rings (SSSR count). The van der Waals surface area contributed by atoms with Crippen LogP contribution in [0.15, 0.2) is 59.4 Å². The van der Waals surface area contributed by atoms with Gasteiger partial charge in [-0.1, -0.05) is 23.7 Å². The summed E-state index contributed by atoms with van der Waals surface area (Å²) in [6.45, 7) is 0. The van der Waals surface area contributed by atoms with E-state index in [1.165, 1.54) is 0 Å². The summed E-state index contributed by atoms with van der Waals surface area (Å²) in [4.78, 5) is 13.2. The molecule has 0 saturated heterocycles. The first-order chi connectivity index (χ1) is 11.3. The summed E-state index contributed by atoms with van der Waals surface area (Å²) >= 11 is 7.69. The molecule has 0 N–H and O–H groups in total. The van der Waals surface area contributed by atoms with Crippen LogP contribution in [-0.4, -0.2) is 15.0 Å². The van der Waals surface area contributed by atoms with Gasteiger partial charge in [0.1, 0.15) is 0 Å². The van der Waals surface area contributed by atoms with Gasteiger partial charge in [-0.05, 0) is 35.7 Å². The molecule has 1 aromatic carbocycles. The van der Waals surface area contributed by atoms with E-state index in [1.807, 2.05) is 41.1 Å². The third-order valence-electron chi connectivity index (χ3n) is 3.28. The Hall–Kier alpha value is -2.50. The lowest BCUT2D eigenvalue weighted by Crippen LogP contribution is -1.96. The van der Waals surface area contributed by atoms with Crippen molar-refractivity contribution in [3.8, 4) is 23.0 Å². The number of nitrogens with zero attached hydrogens (tertiary/aromatic N) is 3. The van der Waals surface area contributed by atoms with E-state index in [-0.39, 0.29) is 0 Å². The summed E-state index contributed by atoms with van der Waals surface area (Å²) in [5.41, 5.74) is 1.78. The Labute approximate surface area is 141 Å². The summed E-state index contributed by atoms with van der Waals surface area (Å²) in [7, 11) is 0. The van der Waals surface area contributed by atoms with Crippen LogP contribution in [0.2, 0.25) is 5.15 Å². The summed E-state index contributed by atoms with van der Waals surface area (Å²) in [6.07, 6.45) is 1.62. The second kappa shape index (κ2) is 5.95. The number of hydrogen-bond donors (Lipinski definition) is 0. The molecule has 0 spiro atoms. The molecule has 0 unspecified atom stereocenters. The van der Waals surface area contributed by atoms with Gasteiger partial charge >= 0.3 is 0 Å². The number of rotatable bonds is 3. The Kier molecular flexibility index (Phi) is 3.65. The van der Waals surface area contributed by atoms with Gasteiger partial charge in [0.25, 0.3) is 0 Å². The number of aromatic nitrogens is 3. The first kappa shape index (κ1) is 14.1. The highest BCUT2D eigenvalue weighted by Crippen LogP contribution is 2.32. The van der Waals surface area contributed by atoms with Crippen LogP contribution in [0.25, 0.3) is 22.3 Å². The molecule has 0 aliphatic heterocycles. The molecule has 0 aliphatic rings. The third kappa shape index (κ3) is 2.76. The second-order valence-corrected chi connectivity index (χ2v) is 5.91. The maximum atomic E-state index is 6.09. The molecular weight excluding hydrogens is 330 g/mol. The molecule has 3 aromatic heterocycles. The van der Waals surface area contributed by atoms with Gasteiger partial charge in [0.2, 0.25) is 5.88 Å². The molecule has 112 valence electrons. The predicted molar refractivity (Wildman–Crippen MR) is 92.2 cm³/mol. The van der Waals surface area contributed by atoms with E-state index in [0.29, 0.717) is 22.6 Å². The maximum absolute atomic E-state index is 6.09. The molecular formula is C17H10ClN3OS. The minimum Gasteiger partial charge on any atom is -0.435 e. The second-order valence-electron chi connectivity index (χ2n) is 4.78. The Bertz CT molecular complexity index is 973. The van der Waals surface area contributed by atoms with Gasteiger partial charge in [0.05, 0.1) is 10.9 Å². The van der Waals surface area contributed by atoms with Gasteiger partial charge in [0, 0.05) is 17.1 Å². The molecule has 6 heteroatoms. The van der Waals surface area contributed by atoms with Crippen LogP contribution in [0.5, 0.6) is 11.6 Å². The van der Waals surface area contributed by atoms with E-state index in [9.17, 15) is 0 Å². The van der Waals surface area contributed by atoms with Gasteiger partial charge < -0.3 is 4.74 Å². The summed E-state index contributed by atoms with van der Waals surface area (Å²) in [6, 6.07) is 13.2. The largest absolute Gasteiger partial charge is 0.435 e. The number of pyridine rings is 1. The van der Waals surface area contributed by atoms with Gasteiger partial charge in [-0.3, -0.25) is 0 Å².